The average Bonchev–Trinajstić information content (AvgIpc) is 3.32. The predicted octanol–water partition coefficient (Wildman–Crippen LogP) is 4.70. The normalized spacial score (nSPS) is 17.9. The fourth-order valence-corrected chi connectivity index (χ4v) is 7.60. The number of carboxylic acids is 1. The summed E-state index contributed by atoms with van der Waals surface area (Å²) in [5.74, 6) is -2.58. The van der Waals surface area contributed by atoms with Gasteiger partial charge in [0.05, 0.1) is 20.5 Å². The molecule has 1 saturated heterocycles. The fourth-order valence-electron chi connectivity index (χ4n) is 4.53. The summed E-state index contributed by atoms with van der Waals surface area (Å²) in [6.07, 6.45) is 4.25. The van der Waals surface area contributed by atoms with Gasteiger partial charge in [0.25, 0.3) is 5.91 Å². The molecule has 3 N–H and O–H groups in total. The smallest absolute Gasteiger partial charge is 0.326 e. The highest BCUT2D eigenvalue weighted by Gasteiger charge is 2.50. The van der Waals surface area contributed by atoms with Gasteiger partial charge in [0.15, 0.2) is 0 Å². The Balaban J connectivity index is 1.48. The first-order chi connectivity index (χ1) is 19.7. The maximum atomic E-state index is 13.5. The Bertz CT molecular complexity index is 1620. The van der Waals surface area contributed by atoms with E-state index in [1.807, 2.05) is 0 Å². The summed E-state index contributed by atoms with van der Waals surface area (Å²) in [5, 5.41) is 15.2. The van der Waals surface area contributed by atoms with E-state index in [1.165, 1.54) is 55.8 Å². The van der Waals surface area contributed by atoms with Crippen molar-refractivity contribution in [3.8, 4) is 0 Å². The monoisotopic (exact) mass is 673 g/mol. The zero-order chi connectivity index (χ0) is 30.8. The molecule has 1 aromatic carbocycles. The lowest BCUT2D eigenvalue weighted by Crippen LogP contribution is -2.58. The number of sulfonamides is 1. The number of carboxylic acid groups (broad SMARTS) is 1. The van der Waals surface area contributed by atoms with E-state index < -0.39 is 39.4 Å². The van der Waals surface area contributed by atoms with Gasteiger partial charge < -0.3 is 15.7 Å². The van der Waals surface area contributed by atoms with E-state index in [1.54, 1.807) is 0 Å². The molecular weight excluding hydrogens is 652 g/mol. The third kappa shape index (κ3) is 6.80. The number of rotatable bonds is 9. The van der Waals surface area contributed by atoms with Gasteiger partial charge in [-0.15, -0.1) is 0 Å². The van der Waals surface area contributed by atoms with E-state index in [9.17, 15) is 27.9 Å². The van der Waals surface area contributed by atoms with Crippen LogP contribution in [0.15, 0.2) is 53.8 Å². The highest BCUT2D eigenvalue weighted by atomic mass is 35.5. The molecule has 42 heavy (non-hydrogen) atoms. The van der Waals surface area contributed by atoms with Crippen molar-refractivity contribution < 1.29 is 27.9 Å². The van der Waals surface area contributed by atoms with Crippen LogP contribution in [0, 0.1) is 0 Å². The Labute approximate surface area is 261 Å². The number of aromatic nitrogens is 2. The van der Waals surface area contributed by atoms with E-state index >= 15 is 0 Å². The van der Waals surface area contributed by atoms with E-state index in [2.05, 4.69) is 20.6 Å². The van der Waals surface area contributed by atoms with Crippen molar-refractivity contribution in [2.45, 2.75) is 42.7 Å². The Morgan fingerprint density at radius 1 is 1.05 bits per heavy atom. The van der Waals surface area contributed by atoms with Crippen LogP contribution in [-0.4, -0.2) is 63.7 Å². The molecule has 2 atom stereocenters. The quantitative estimate of drug-likeness (QED) is 0.295. The average molecular weight is 675 g/mol. The number of nitrogens with one attached hydrogen (secondary N) is 2. The van der Waals surface area contributed by atoms with Crippen LogP contribution in [0.1, 0.15) is 35.7 Å². The second-order valence-electron chi connectivity index (χ2n) is 9.61. The second-order valence-corrected chi connectivity index (χ2v) is 13.2. The molecule has 4 rings (SSSR count). The van der Waals surface area contributed by atoms with Crippen LogP contribution in [0.3, 0.4) is 0 Å². The SMILES string of the molecule is C[C@@]1(C(=O)N[C@@H](Cc2ccc(NC(=O)c3c(Cl)cncc3Cl)nc2)C(=O)O)CCCN1S(=O)(=O)c1cc(Cl)cc(Cl)c1. The second kappa shape index (κ2) is 12.7. The number of pyridine rings is 2. The number of halogens is 4. The summed E-state index contributed by atoms with van der Waals surface area (Å²) in [6.45, 7) is 1.49. The Kier molecular flexibility index (Phi) is 9.65. The molecule has 3 heterocycles. The number of benzene rings is 1. The third-order valence-electron chi connectivity index (χ3n) is 6.68. The molecule has 2 amide bonds. The van der Waals surface area contributed by atoms with Crippen LogP contribution in [0.2, 0.25) is 20.1 Å². The number of hydrogen-bond donors (Lipinski definition) is 3. The topological polar surface area (TPSA) is 159 Å². The van der Waals surface area contributed by atoms with Gasteiger partial charge in [-0.05, 0) is 49.6 Å². The van der Waals surface area contributed by atoms with Crippen LogP contribution in [-0.2, 0) is 26.0 Å². The van der Waals surface area contributed by atoms with E-state index in [0.29, 0.717) is 12.0 Å². The van der Waals surface area contributed by atoms with Gasteiger partial charge >= 0.3 is 5.97 Å². The van der Waals surface area contributed by atoms with E-state index in [0.717, 1.165) is 4.31 Å². The first kappa shape index (κ1) is 31.9. The largest absolute Gasteiger partial charge is 0.480 e. The minimum atomic E-state index is -4.20. The van der Waals surface area contributed by atoms with Gasteiger partial charge in [0, 0.05) is 41.6 Å². The molecule has 3 aromatic rings. The van der Waals surface area contributed by atoms with Crippen LogP contribution >= 0.6 is 46.4 Å². The molecule has 0 radical (unpaired) electrons. The van der Waals surface area contributed by atoms with Gasteiger partial charge in [-0.3, -0.25) is 14.6 Å². The Morgan fingerprint density at radius 3 is 2.26 bits per heavy atom. The van der Waals surface area contributed by atoms with Crippen molar-refractivity contribution in [1.82, 2.24) is 19.6 Å². The number of nitrogens with zero attached hydrogens (tertiary/aromatic N) is 3. The Morgan fingerprint density at radius 2 is 1.69 bits per heavy atom. The van der Waals surface area contributed by atoms with Gasteiger partial charge in [-0.25, -0.2) is 18.2 Å². The molecular formula is C26H23Cl4N5O6S. The minimum absolute atomic E-state index is 0.0165. The molecule has 2 aromatic heterocycles. The summed E-state index contributed by atoms with van der Waals surface area (Å²) >= 11 is 24.0. The van der Waals surface area contributed by atoms with E-state index in [-0.39, 0.29) is 55.8 Å². The molecule has 1 aliphatic rings. The summed E-state index contributed by atoms with van der Waals surface area (Å²) in [6, 6.07) is 5.42. The molecule has 0 spiro atoms. The van der Waals surface area contributed by atoms with Crippen LogP contribution < -0.4 is 10.6 Å². The number of carbonyl (C=O) groups excluding carboxylic acids is 2. The molecule has 16 heteroatoms. The summed E-state index contributed by atoms with van der Waals surface area (Å²) < 4.78 is 28.0. The number of amides is 2. The fraction of sp³-hybridized carbons (Fsp3) is 0.269. The van der Waals surface area contributed by atoms with Crippen LogP contribution in [0.4, 0.5) is 5.82 Å². The molecule has 1 aliphatic heterocycles. The third-order valence-corrected chi connectivity index (χ3v) is 9.69. The van der Waals surface area contributed by atoms with Gasteiger partial charge in [-0.2, -0.15) is 4.31 Å². The predicted molar refractivity (Wildman–Crippen MR) is 158 cm³/mol. The first-order valence-corrected chi connectivity index (χ1v) is 15.3. The van der Waals surface area contributed by atoms with E-state index in [4.69, 9.17) is 46.4 Å². The van der Waals surface area contributed by atoms with Gasteiger partial charge in [0.1, 0.15) is 17.4 Å². The number of carbonyl (C=O) groups is 3. The van der Waals surface area contributed by atoms with Gasteiger partial charge in [0.2, 0.25) is 15.9 Å². The van der Waals surface area contributed by atoms with Crippen LogP contribution in [0.25, 0.3) is 0 Å². The Hall–Kier alpha value is -3.00. The molecule has 0 saturated carbocycles. The molecule has 0 aliphatic carbocycles. The lowest BCUT2D eigenvalue weighted by atomic mass is 9.98. The molecule has 0 bridgehead atoms. The van der Waals surface area contributed by atoms with Crippen molar-refractivity contribution in [3.63, 3.8) is 0 Å². The zero-order valence-electron chi connectivity index (χ0n) is 21.8. The van der Waals surface area contributed by atoms with Crippen molar-refractivity contribution in [1.29, 1.82) is 0 Å². The minimum Gasteiger partial charge on any atom is -0.480 e. The number of aliphatic carboxylic acids is 1. The maximum absolute atomic E-state index is 13.5. The summed E-state index contributed by atoms with van der Waals surface area (Å²) in [4.78, 5) is 45.8. The zero-order valence-corrected chi connectivity index (χ0v) is 25.6. The van der Waals surface area contributed by atoms with Crippen molar-refractivity contribution in [3.05, 3.63) is 80.1 Å². The van der Waals surface area contributed by atoms with Gasteiger partial charge in [-0.1, -0.05) is 52.5 Å². The van der Waals surface area contributed by atoms with Crippen molar-refractivity contribution in [2.75, 3.05) is 11.9 Å². The molecule has 1 fully saturated rings. The molecule has 11 nitrogen and oxygen atoms in total. The lowest BCUT2D eigenvalue weighted by molar-refractivity contribution is -0.143. The van der Waals surface area contributed by atoms with Crippen molar-refractivity contribution >= 4 is 80.0 Å². The standard InChI is InChI=1S/C26H23Cl4N5O6S/c1-26(5-2-6-35(26)42(40,41)17-9-15(27)8-16(28)10-17)25(39)33-20(24(37)38)7-14-3-4-21(32-11-14)34-23(36)22-18(29)12-31-13-19(22)30/h3-4,8-13,20H,2,5-7H2,1H3,(H,33,39)(H,37,38)(H,32,34,36)/t20-,26-/m0/s1. The molecule has 0 unspecified atom stereocenters. The summed E-state index contributed by atoms with van der Waals surface area (Å²) in [7, 11) is -4.20. The number of hydrogen-bond acceptors (Lipinski definition) is 7. The highest BCUT2D eigenvalue weighted by molar-refractivity contribution is 7.89. The molecule has 222 valence electrons. The first-order valence-electron chi connectivity index (χ1n) is 12.3. The van der Waals surface area contributed by atoms with Crippen LogP contribution in [0.5, 0.6) is 0 Å². The summed E-state index contributed by atoms with van der Waals surface area (Å²) in [5.41, 5.74) is -1.12. The number of anilines is 1. The maximum Gasteiger partial charge on any atom is 0.326 e. The van der Waals surface area contributed by atoms with Crippen molar-refractivity contribution in [2.24, 2.45) is 0 Å². The highest BCUT2D eigenvalue weighted by Crippen LogP contribution is 2.36. The lowest BCUT2D eigenvalue weighted by Gasteiger charge is -2.34.